The van der Waals surface area contributed by atoms with Crippen molar-refractivity contribution < 1.29 is 0 Å². The number of benzene rings is 1. The Morgan fingerprint density at radius 1 is 1.16 bits per heavy atom. The van der Waals surface area contributed by atoms with Crippen LogP contribution >= 0.6 is 11.6 Å². The Kier molecular flexibility index (Phi) is 4.29. The van der Waals surface area contributed by atoms with Crippen molar-refractivity contribution in [3.8, 4) is 16.9 Å². The van der Waals surface area contributed by atoms with Crippen LogP contribution < -0.4 is 5.43 Å². The summed E-state index contributed by atoms with van der Waals surface area (Å²) in [6, 6.07) is 5.60. The molecule has 25 heavy (non-hydrogen) atoms. The molecular weight excluding hydrogens is 336 g/mol. The summed E-state index contributed by atoms with van der Waals surface area (Å²) in [6.07, 6.45) is 2.92. The average Bonchev–Trinajstić information content (AvgIpc) is 3.01. The average molecular weight is 357 g/mol. The Labute approximate surface area is 151 Å². The third-order valence-electron chi connectivity index (χ3n) is 4.25. The fraction of sp³-hybridized carbons (Fsp3) is 0.316. The molecule has 1 N–H and O–H groups in total. The quantitative estimate of drug-likeness (QED) is 0.748. The highest BCUT2D eigenvalue weighted by Crippen LogP contribution is 2.34. The Morgan fingerprint density at radius 2 is 1.88 bits per heavy atom. The summed E-state index contributed by atoms with van der Waals surface area (Å²) in [7, 11) is 0. The number of aryl methyl sites for hydroxylation is 2. The van der Waals surface area contributed by atoms with Gasteiger partial charge in [-0.3, -0.25) is 4.79 Å². The number of aromatic amines is 1. The van der Waals surface area contributed by atoms with E-state index in [9.17, 15) is 4.79 Å². The molecule has 2 heterocycles. The second kappa shape index (κ2) is 6.15. The number of H-pyrrole nitrogens is 1. The van der Waals surface area contributed by atoms with E-state index in [1.54, 1.807) is 6.07 Å². The van der Waals surface area contributed by atoms with Crippen molar-refractivity contribution in [2.45, 2.75) is 40.0 Å². The largest absolute Gasteiger partial charge is 0.357 e. The molecule has 0 fully saturated rings. The summed E-state index contributed by atoms with van der Waals surface area (Å²) in [5.74, 6) is 0. The lowest BCUT2D eigenvalue weighted by Gasteiger charge is -2.22. The normalized spacial score (nSPS) is 11.8. The van der Waals surface area contributed by atoms with Crippen LogP contribution in [0.1, 0.15) is 37.6 Å². The van der Waals surface area contributed by atoms with Crippen molar-refractivity contribution in [2.75, 3.05) is 0 Å². The molecule has 0 amide bonds. The van der Waals surface area contributed by atoms with Crippen LogP contribution in [0.15, 0.2) is 35.6 Å². The van der Waals surface area contributed by atoms with Gasteiger partial charge in [-0.15, -0.1) is 0 Å². The van der Waals surface area contributed by atoms with Gasteiger partial charge in [0, 0.05) is 28.0 Å². The lowest BCUT2D eigenvalue weighted by Crippen LogP contribution is -2.16. The SMILES string of the molecule is Cc1cc(C(C)(C)C)c(Cl)cc1-c1cc(=O)c(-n2cncn2)c(C)[nH]1. The van der Waals surface area contributed by atoms with Crippen molar-refractivity contribution >= 4 is 11.6 Å². The minimum Gasteiger partial charge on any atom is -0.357 e. The molecule has 0 saturated carbocycles. The molecule has 3 rings (SSSR count). The van der Waals surface area contributed by atoms with E-state index in [0.29, 0.717) is 10.7 Å². The van der Waals surface area contributed by atoms with Gasteiger partial charge in [0.15, 0.2) is 0 Å². The van der Waals surface area contributed by atoms with Crippen LogP contribution in [0.5, 0.6) is 0 Å². The molecule has 5 nitrogen and oxygen atoms in total. The Balaban J connectivity index is 2.15. The van der Waals surface area contributed by atoms with E-state index < -0.39 is 0 Å². The Hall–Kier alpha value is -2.40. The third-order valence-corrected chi connectivity index (χ3v) is 4.56. The summed E-state index contributed by atoms with van der Waals surface area (Å²) in [5, 5.41) is 4.75. The predicted octanol–water partition coefficient (Wildman–Crippen LogP) is 4.19. The standard InChI is InChI=1S/C19H21ClN4O/c1-11-6-14(19(3,4)5)15(20)7-13(11)16-8-17(25)18(12(2)23-16)24-10-21-9-22-24/h6-10H,1-5H3,(H,23,25). The maximum absolute atomic E-state index is 12.6. The number of nitrogens with one attached hydrogen (secondary N) is 1. The molecule has 0 bridgehead atoms. The minimum atomic E-state index is -0.118. The van der Waals surface area contributed by atoms with Crippen LogP contribution in [0, 0.1) is 13.8 Å². The van der Waals surface area contributed by atoms with Gasteiger partial charge in [-0.05, 0) is 36.5 Å². The van der Waals surface area contributed by atoms with Crippen LogP contribution in [0.4, 0.5) is 0 Å². The summed E-state index contributed by atoms with van der Waals surface area (Å²) >= 11 is 6.51. The van der Waals surface area contributed by atoms with Gasteiger partial charge in [0.05, 0.1) is 0 Å². The zero-order valence-corrected chi connectivity index (χ0v) is 15.8. The van der Waals surface area contributed by atoms with Gasteiger partial charge >= 0.3 is 0 Å². The van der Waals surface area contributed by atoms with Gasteiger partial charge in [0.1, 0.15) is 18.3 Å². The molecule has 130 valence electrons. The first-order valence-electron chi connectivity index (χ1n) is 8.08. The van der Waals surface area contributed by atoms with Crippen molar-refractivity contribution in [1.29, 1.82) is 0 Å². The molecule has 0 aliphatic rings. The van der Waals surface area contributed by atoms with E-state index in [0.717, 1.165) is 28.1 Å². The topological polar surface area (TPSA) is 63.6 Å². The van der Waals surface area contributed by atoms with Crippen molar-refractivity contribution in [1.82, 2.24) is 19.7 Å². The Morgan fingerprint density at radius 3 is 2.44 bits per heavy atom. The molecule has 0 unspecified atom stereocenters. The molecule has 2 aromatic heterocycles. The summed E-state index contributed by atoms with van der Waals surface area (Å²) in [6.45, 7) is 10.3. The van der Waals surface area contributed by atoms with Gasteiger partial charge in [-0.1, -0.05) is 38.4 Å². The number of halogens is 1. The lowest BCUT2D eigenvalue weighted by atomic mass is 9.85. The van der Waals surface area contributed by atoms with E-state index in [1.165, 1.54) is 17.3 Å². The van der Waals surface area contributed by atoms with Crippen molar-refractivity contribution in [2.24, 2.45) is 0 Å². The van der Waals surface area contributed by atoms with Gasteiger partial charge in [0.25, 0.3) is 0 Å². The number of hydrogen-bond donors (Lipinski definition) is 1. The number of rotatable bonds is 2. The highest BCUT2D eigenvalue weighted by molar-refractivity contribution is 6.31. The molecular formula is C19H21ClN4O. The van der Waals surface area contributed by atoms with Gasteiger partial charge in [-0.25, -0.2) is 9.67 Å². The molecule has 0 aliphatic heterocycles. The van der Waals surface area contributed by atoms with Crippen LogP contribution in [0.3, 0.4) is 0 Å². The fourth-order valence-electron chi connectivity index (χ4n) is 2.98. The number of pyridine rings is 1. The second-order valence-corrected chi connectivity index (χ2v) is 7.67. The summed E-state index contributed by atoms with van der Waals surface area (Å²) in [4.78, 5) is 19.8. The van der Waals surface area contributed by atoms with E-state index in [4.69, 9.17) is 11.6 Å². The maximum Gasteiger partial charge on any atom is 0.208 e. The zero-order chi connectivity index (χ0) is 18.4. The fourth-order valence-corrected chi connectivity index (χ4v) is 3.43. The summed E-state index contributed by atoms with van der Waals surface area (Å²) in [5.41, 5.74) is 4.86. The van der Waals surface area contributed by atoms with Crippen LogP contribution in [0.2, 0.25) is 5.02 Å². The molecule has 6 heteroatoms. The van der Waals surface area contributed by atoms with Crippen LogP contribution in [-0.2, 0) is 5.41 Å². The Bertz CT molecular complexity index is 982. The molecule has 3 aromatic rings. The third kappa shape index (κ3) is 3.24. The highest BCUT2D eigenvalue weighted by Gasteiger charge is 2.20. The first-order valence-corrected chi connectivity index (χ1v) is 8.46. The monoisotopic (exact) mass is 356 g/mol. The molecule has 1 aromatic carbocycles. The number of nitrogens with zero attached hydrogens (tertiary/aromatic N) is 3. The summed E-state index contributed by atoms with van der Waals surface area (Å²) < 4.78 is 1.47. The van der Waals surface area contributed by atoms with Crippen LogP contribution in [0.25, 0.3) is 16.9 Å². The molecule has 0 atom stereocenters. The van der Waals surface area contributed by atoms with E-state index in [-0.39, 0.29) is 10.8 Å². The van der Waals surface area contributed by atoms with E-state index in [1.807, 2.05) is 19.9 Å². The number of hydrogen-bond acceptors (Lipinski definition) is 3. The highest BCUT2D eigenvalue weighted by atomic mass is 35.5. The lowest BCUT2D eigenvalue weighted by molar-refractivity contribution is 0.590. The maximum atomic E-state index is 12.6. The van der Waals surface area contributed by atoms with Gasteiger partial charge in [0.2, 0.25) is 5.43 Å². The zero-order valence-electron chi connectivity index (χ0n) is 15.0. The van der Waals surface area contributed by atoms with Crippen LogP contribution in [-0.4, -0.2) is 19.7 Å². The molecule has 0 spiro atoms. The molecule has 0 radical (unpaired) electrons. The number of aromatic nitrogens is 4. The van der Waals surface area contributed by atoms with E-state index in [2.05, 4.69) is 41.9 Å². The predicted molar refractivity (Wildman–Crippen MR) is 101 cm³/mol. The van der Waals surface area contributed by atoms with E-state index >= 15 is 0 Å². The van der Waals surface area contributed by atoms with Gasteiger partial charge in [-0.2, -0.15) is 5.10 Å². The molecule has 0 aliphatic carbocycles. The first kappa shape index (κ1) is 17.4. The minimum absolute atomic E-state index is 0.0410. The van der Waals surface area contributed by atoms with Crippen molar-refractivity contribution in [3.63, 3.8) is 0 Å². The second-order valence-electron chi connectivity index (χ2n) is 7.26. The first-order chi connectivity index (χ1) is 11.7. The van der Waals surface area contributed by atoms with Crippen molar-refractivity contribution in [3.05, 3.63) is 62.9 Å². The molecule has 0 saturated heterocycles. The van der Waals surface area contributed by atoms with Gasteiger partial charge < -0.3 is 4.98 Å². The smallest absolute Gasteiger partial charge is 0.208 e.